The van der Waals surface area contributed by atoms with Crippen LogP contribution >= 0.6 is 0 Å². The third kappa shape index (κ3) is 5.52. The van der Waals surface area contributed by atoms with Gasteiger partial charge in [0.15, 0.2) is 0 Å². The summed E-state index contributed by atoms with van der Waals surface area (Å²) in [5.41, 5.74) is 8.16. The van der Waals surface area contributed by atoms with Crippen LogP contribution in [0.3, 0.4) is 0 Å². The van der Waals surface area contributed by atoms with Crippen molar-refractivity contribution in [1.29, 1.82) is 0 Å². The first kappa shape index (κ1) is 22.8. The van der Waals surface area contributed by atoms with E-state index in [0.717, 1.165) is 24.7 Å². The third-order valence-corrected chi connectivity index (χ3v) is 6.61. The van der Waals surface area contributed by atoms with Crippen LogP contribution in [-0.2, 0) is 4.65 Å². The molecule has 3 heteroatoms. The van der Waals surface area contributed by atoms with Gasteiger partial charge in [0.25, 0.3) is 0 Å². The topological polar surface area (TPSA) is 29.5 Å². The zero-order valence-electron chi connectivity index (χ0n) is 19.6. The third-order valence-electron chi connectivity index (χ3n) is 6.61. The highest BCUT2D eigenvalue weighted by Gasteiger charge is 2.23. The van der Waals surface area contributed by atoms with Crippen molar-refractivity contribution < 1.29 is 9.76 Å². The van der Waals surface area contributed by atoms with Crippen LogP contribution in [-0.4, -0.2) is 24.3 Å². The van der Waals surface area contributed by atoms with Crippen molar-refractivity contribution in [2.24, 2.45) is 0 Å². The summed E-state index contributed by atoms with van der Waals surface area (Å²) in [5.74, 6) is 0. The molecule has 0 unspecified atom stereocenters. The predicted molar refractivity (Wildman–Crippen MR) is 137 cm³/mol. The molecule has 2 nitrogen and oxygen atoms in total. The second-order valence-electron chi connectivity index (χ2n) is 9.55. The number of aliphatic hydroxyl groups is 1. The van der Waals surface area contributed by atoms with Crippen molar-refractivity contribution in [2.75, 3.05) is 0 Å². The van der Waals surface area contributed by atoms with Gasteiger partial charge < -0.3 is 9.76 Å². The number of benzene rings is 2. The lowest BCUT2D eigenvalue weighted by Crippen LogP contribution is -2.38. The van der Waals surface area contributed by atoms with Crippen molar-refractivity contribution in [3.05, 3.63) is 77.9 Å². The van der Waals surface area contributed by atoms with E-state index in [1.807, 2.05) is 6.92 Å². The lowest BCUT2D eigenvalue weighted by Gasteiger charge is -2.26. The average Bonchev–Trinajstić information content (AvgIpc) is 2.83. The standard InChI is InChI=1S/C29H34BO2/c1-21(29(2,3)31)32-30-26-17-14-22(15-18-26)25-16-19-27(23-10-6-4-7-11-23)28(20-25)24-12-8-5-9-13-24/h6,10-12,14-21,31H,4-5,7-9,13H2,1-3H3/t21-/m1/s1. The summed E-state index contributed by atoms with van der Waals surface area (Å²) in [5, 5.41) is 10.0. The van der Waals surface area contributed by atoms with Gasteiger partial charge in [0, 0.05) is 0 Å². The van der Waals surface area contributed by atoms with E-state index >= 15 is 0 Å². The van der Waals surface area contributed by atoms with Crippen molar-refractivity contribution in [1.82, 2.24) is 0 Å². The summed E-state index contributed by atoms with van der Waals surface area (Å²) in [6, 6.07) is 15.4. The molecule has 2 aromatic rings. The monoisotopic (exact) mass is 425 g/mol. The number of hydrogen-bond donors (Lipinski definition) is 1. The largest absolute Gasteiger partial charge is 0.429 e. The quantitative estimate of drug-likeness (QED) is 0.516. The molecule has 0 saturated heterocycles. The number of hydrogen-bond acceptors (Lipinski definition) is 2. The van der Waals surface area contributed by atoms with Crippen molar-refractivity contribution in [3.8, 4) is 11.1 Å². The van der Waals surface area contributed by atoms with Crippen LogP contribution in [0.15, 0.2) is 66.8 Å². The van der Waals surface area contributed by atoms with E-state index in [2.05, 4.69) is 66.8 Å². The molecule has 0 aromatic heterocycles. The fourth-order valence-electron chi connectivity index (χ4n) is 4.24. The fraction of sp³-hybridized carbons (Fsp3) is 0.379. The summed E-state index contributed by atoms with van der Waals surface area (Å²) in [4.78, 5) is 0. The maximum atomic E-state index is 10.0. The summed E-state index contributed by atoms with van der Waals surface area (Å²) in [6.45, 7) is 5.40. The molecule has 165 valence electrons. The molecular weight excluding hydrogens is 391 g/mol. The minimum Gasteiger partial charge on any atom is -0.429 e. The van der Waals surface area contributed by atoms with Crippen LogP contribution in [0.4, 0.5) is 0 Å². The van der Waals surface area contributed by atoms with Crippen molar-refractivity contribution in [2.45, 2.75) is 71.0 Å². The Labute approximate surface area is 194 Å². The van der Waals surface area contributed by atoms with E-state index < -0.39 is 5.60 Å². The van der Waals surface area contributed by atoms with Gasteiger partial charge in [-0.25, -0.2) is 0 Å². The molecule has 1 radical (unpaired) electrons. The summed E-state index contributed by atoms with van der Waals surface area (Å²) >= 11 is 0. The average molecular weight is 425 g/mol. The Morgan fingerprint density at radius 3 is 2.34 bits per heavy atom. The zero-order chi connectivity index (χ0) is 22.6. The molecule has 1 N–H and O–H groups in total. The van der Waals surface area contributed by atoms with Gasteiger partial charge in [0.05, 0.1) is 11.7 Å². The van der Waals surface area contributed by atoms with E-state index in [1.54, 1.807) is 21.3 Å². The SMILES string of the molecule is C[C@@H](O[B]c1ccc(-c2ccc(C3=CCCC=C3)c(C3=CCCCC3)c2)cc1)C(C)(C)O. The Morgan fingerprint density at radius 2 is 1.69 bits per heavy atom. The fourth-order valence-corrected chi connectivity index (χ4v) is 4.24. The molecule has 2 aliphatic carbocycles. The van der Waals surface area contributed by atoms with Gasteiger partial charge in [0.2, 0.25) is 0 Å². The Hall–Kier alpha value is -2.36. The van der Waals surface area contributed by atoms with E-state index in [0.29, 0.717) is 0 Å². The first-order valence-corrected chi connectivity index (χ1v) is 11.9. The highest BCUT2D eigenvalue weighted by atomic mass is 16.5. The zero-order valence-corrected chi connectivity index (χ0v) is 19.6. The Balaban J connectivity index is 1.59. The Kier molecular flexibility index (Phi) is 7.18. The van der Waals surface area contributed by atoms with Crippen LogP contribution in [0.1, 0.15) is 70.4 Å². The second kappa shape index (κ2) is 10.1. The van der Waals surface area contributed by atoms with Gasteiger partial charge in [-0.05, 0) is 98.8 Å². The van der Waals surface area contributed by atoms with E-state index in [-0.39, 0.29) is 6.10 Å². The molecule has 2 aliphatic rings. The van der Waals surface area contributed by atoms with Crippen LogP contribution in [0.25, 0.3) is 22.3 Å². The van der Waals surface area contributed by atoms with Gasteiger partial charge in [0.1, 0.15) is 0 Å². The second-order valence-corrected chi connectivity index (χ2v) is 9.55. The van der Waals surface area contributed by atoms with Gasteiger partial charge in [-0.3, -0.25) is 0 Å². The molecule has 4 rings (SSSR count). The van der Waals surface area contributed by atoms with Gasteiger partial charge in [-0.15, -0.1) is 0 Å². The predicted octanol–water partition coefficient (Wildman–Crippen LogP) is 6.46. The highest BCUT2D eigenvalue weighted by molar-refractivity contribution is 6.47. The lowest BCUT2D eigenvalue weighted by atomic mass is 9.84. The molecule has 0 heterocycles. The Morgan fingerprint density at radius 1 is 0.906 bits per heavy atom. The molecule has 32 heavy (non-hydrogen) atoms. The Bertz CT molecular complexity index is 1020. The maximum absolute atomic E-state index is 10.0. The van der Waals surface area contributed by atoms with E-state index in [4.69, 9.17) is 4.65 Å². The molecular formula is C29H34BO2. The number of allylic oxidation sites excluding steroid dienone is 6. The van der Waals surface area contributed by atoms with Gasteiger partial charge in [-0.1, -0.05) is 66.2 Å². The first-order valence-electron chi connectivity index (χ1n) is 11.9. The molecule has 0 fully saturated rings. The molecule has 2 aromatic carbocycles. The molecule has 0 spiro atoms. The summed E-state index contributed by atoms with van der Waals surface area (Å²) in [6.07, 6.45) is 16.3. The van der Waals surface area contributed by atoms with Crippen LogP contribution in [0, 0.1) is 0 Å². The highest BCUT2D eigenvalue weighted by Crippen LogP contribution is 2.36. The van der Waals surface area contributed by atoms with Gasteiger partial charge >= 0.3 is 7.48 Å². The number of rotatable bonds is 7. The molecule has 1 atom stereocenters. The van der Waals surface area contributed by atoms with Crippen LogP contribution in [0.5, 0.6) is 0 Å². The van der Waals surface area contributed by atoms with Crippen molar-refractivity contribution in [3.63, 3.8) is 0 Å². The smallest absolute Gasteiger partial charge is 0.330 e. The first-order chi connectivity index (χ1) is 15.4. The normalized spacial score (nSPS) is 17.5. The lowest BCUT2D eigenvalue weighted by molar-refractivity contribution is -0.0222. The van der Waals surface area contributed by atoms with E-state index in [9.17, 15) is 5.11 Å². The minimum absolute atomic E-state index is 0.274. The molecule has 0 amide bonds. The summed E-state index contributed by atoms with van der Waals surface area (Å²) in [7, 11) is 1.73. The minimum atomic E-state index is -0.870. The van der Waals surface area contributed by atoms with E-state index in [1.165, 1.54) is 52.7 Å². The summed E-state index contributed by atoms with van der Waals surface area (Å²) < 4.78 is 5.72. The molecule has 0 saturated carbocycles. The molecule has 0 aliphatic heterocycles. The molecule has 0 bridgehead atoms. The van der Waals surface area contributed by atoms with Crippen molar-refractivity contribution >= 4 is 24.1 Å². The van der Waals surface area contributed by atoms with Crippen LogP contribution in [0.2, 0.25) is 0 Å². The van der Waals surface area contributed by atoms with Crippen LogP contribution < -0.4 is 5.46 Å². The van der Waals surface area contributed by atoms with Gasteiger partial charge in [-0.2, -0.15) is 0 Å². The maximum Gasteiger partial charge on any atom is 0.330 e.